The summed E-state index contributed by atoms with van der Waals surface area (Å²) in [6.07, 6.45) is 1.26. The van der Waals surface area contributed by atoms with Crippen molar-refractivity contribution in [1.29, 1.82) is 0 Å². The third-order valence-corrected chi connectivity index (χ3v) is 4.37. The second-order valence-electron chi connectivity index (χ2n) is 4.20. The van der Waals surface area contributed by atoms with Crippen molar-refractivity contribution in [2.75, 3.05) is 19.6 Å². The second-order valence-corrected chi connectivity index (χ2v) is 5.96. The van der Waals surface area contributed by atoms with Crippen molar-refractivity contribution in [3.8, 4) is 0 Å². The molecule has 1 fully saturated rings. The van der Waals surface area contributed by atoms with Crippen LogP contribution in [0, 0.1) is 0 Å². The van der Waals surface area contributed by atoms with E-state index in [1.807, 2.05) is 0 Å². The van der Waals surface area contributed by atoms with Gasteiger partial charge in [-0.1, -0.05) is 18.2 Å². The smallest absolute Gasteiger partial charge is 0.240 e. The molecule has 2 rings (SSSR count). The maximum Gasteiger partial charge on any atom is 0.240 e. The van der Waals surface area contributed by atoms with Crippen molar-refractivity contribution < 1.29 is 13.2 Å². The first-order chi connectivity index (χ1) is 8.59. The van der Waals surface area contributed by atoms with Crippen molar-refractivity contribution in [2.24, 2.45) is 0 Å². The summed E-state index contributed by atoms with van der Waals surface area (Å²) in [7, 11) is -3.49. The Balaban J connectivity index is 1.84. The number of benzene rings is 1. The summed E-state index contributed by atoms with van der Waals surface area (Å²) in [6.45, 7) is 1.74. The molecule has 5 nitrogen and oxygen atoms in total. The lowest BCUT2D eigenvalue weighted by molar-refractivity contribution is -0.134. The van der Waals surface area contributed by atoms with Gasteiger partial charge in [0.05, 0.1) is 4.90 Å². The average Bonchev–Trinajstić information content (AvgIpc) is 2.27. The van der Waals surface area contributed by atoms with Crippen LogP contribution >= 0.6 is 0 Å². The SMILES string of the molecule is O=C(CCNS(=O)(=O)c1ccccc1)N1CCC1. The largest absolute Gasteiger partial charge is 0.343 e. The zero-order chi connectivity index (χ0) is 13.0. The molecule has 1 aromatic carbocycles. The topological polar surface area (TPSA) is 66.5 Å². The lowest BCUT2D eigenvalue weighted by Gasteiger charge is -2.30. The van der Waals surface area contributed by atoms with E-state index in [2.05, 4.69) is 4.72 Å². The number of nitrogens with one attached hydrogen (secondary N) is 1. The summed E-state index contributed by atoms with van der Waals surface area (Å²) in [5.74, 6) is 0.0111. The molecule has 0 unspecified atom stereocenters. The fourth-order valence-corrected chi connectivity index (χ4v) is 2.75. The third kappa shape index (κ3) is 3.08. The highest BCUT2D eigenvalue weighted by Crippen LogP contribution is 2.09. The molecule has 1 N–H and O–H groups in total. The summed E-state index contributed by atoms with van der Waals surface area (Å²) in [4.78, 5) is 13.5. The Morgan fingerprint density at radius 1 is 1.22 bits per heavy atom. The molecule has 0 saturated carbocycles. The van der Waals surface area contributed by atoms with Gasteiger partial charge in [0.1, 0.15) is 0 Å². The molecule has 0 aromatic heterocycles. The highest BCUT2D eigenvalue weighted by molar-refractivity contribution is 7.89. The van der Waals surface area contributed by atoms with E-state index in [-0.39, 0.29) is 23.8 Å². The van der Waals surface area contributed by atoms with Crippen molar-refractivity contribution in [3.63, 3.8) is 0 Å². The van der Waals surface area contributed by atoms with Crippen LogP contribution in [0.1, 0.15) is 12.8 Å². The van der Waals surface area contributed by atoms with Gasteiger partial charge in [-0.2, -0.15) is 0 Å². The first kappa shape index (κ1) is 13.0. The maximum absolute atomic E-state index is 11.8. The van der Waals surface area contributed by atoms with Crippen LogP contribution in [-0.2, 0) is 14.8 Å². The lowest BCUT2D eigenvalue weighted by atomic mass is 10.2. The lowest BCUT2D eigenvalue weighted by Crippen LogP contribution is -2.43. The van der Waals surface area contributed by atoms with Crippen LogP contribution in [0.2, 0.25) is 0 Å². The molecule has 0 atom stereocenters. The number of hydrogen-bond acceptors (Lipinski definition) is 3. The van der Waals surface area contributed by atoms with Crippen LogP contribution in [0.4, 0.5) is 0 Å². The Morgan fingerprint density at radius 3 is 2.44 bits per heavy atom. The minimum Gasteiger partial charge on any atom is -0.343 e. The number of likely N-dealkylation sites (tertiary alicyclic amines) is 1. The fourth-order valence-electron chi connectivity index (χ4n) is 1.70. The Morgan fingerprint density at radius 2 is 1.89 bits per heavy atom. The molecule has 1 saturated heterocycles. The quantitative estimate of drug-likeness (QED) is 0.850. The number of hydrogen-bond donors (Lipinski definition) is 1. The molecule has 6 heteroatoms. The second kappa shape index (κ2) is 5.49. The van der Waals surface area contributed by atoms with E-state index in [0.29, 0.717) is 0 Å². The van der Waals surface area contributed by atoms with E-state index >= 15 is 0 Å². The Hall–Kier alpha value is -1.40. The summed E-state index contributed by atoms with van der Waals surface area (Å²) >= 11 is 0. The first-order valence-corrected chi connectivity index (χ1v) is 7.40. The fraction of sp³-hybridized carbons (Fsp3) is 0.417. The van der Waals surface area contributed by atoms with Gasteiger partial charge in [0, 0.05) is 26.1 Å². The van der Waals surface area contributed by atoms with E-state index in [4.69, 9.17) is 0 Å². The molecule has 0 radical (unpaired) electrons. The van der Waals surface area contributed by atoms with Gasteiger partial charge in [-0.3, -0.25) is 4.79 Å². The molecule has 1 aromatic rings. The van der Waals surface area contributed by atoms with Crippen LogP contribution in [-0.4, -0.2) is 38.9 Å². The molecular formula is C12H16N2O3S. The molecular weight excluding hydrogens is 252 g/mol. The monoisotopic (exact) mass is 268 g/mol. The molecule has 1 amide bonds. The summed E-state index contributed by atoms with van der Waals surface area (Å²) < 4.78 is 26.1. The highest BCUT2D eigenvalue weighted by atomic mass is 32.2. The molecule has 18 heavy (non-hydrogen) atoms. The average molecular weight is 268 g/mol. The van der Waals surface area contributed by atoms with Gasteiger partial charge in [-0.05, 0) is 18.6 Å². The predicted molar refractivity (Wildman–Crippen MR) is 67.4 cm³/mol. The third-order valence-electron chi connectivity index (χ3n) is 2.89. The van der Waals surface area contributed by atoms with Gasteiger partial charge in [0.15, 0.2) is 0 Å². The first-order valence-electron chi connectivity index (χ1n) is 5.92. The van der Waals surface area contributed by atoms with Gasteiger partial charge in [-0.15, -0.1) is 0 Å². The van der Waals surface area contributed by atoms with Crippen LogP contribution in [0.5, 0.6) is 0 Å². The molecule has 1 aliphatic rings. The van der Waals surface area contributed by atoms with Gasteiger partial charge >= 0.3 is 0 Å². The van der Waals surface area contributed by atoms with E-state index in [0.717, 1.165) is 19.5 Å². The summed E-state index contributed by atoms with van der Waals surface area (Å²) in [5, 5.41) is 0. The van der Waals surface area contributed by atoms with Crippen molar-refractivity contribution in [3.05, 3.63) is 30.3 Å². The Kier molecular flexibility index (Phi) is 3.98. The van der Waals surface area contributed by atoms with Gasteiger partial charge in [-0.25, -0.2) is 13.1 Å². The molecule has 1 heterocycles. The van der Waals surface area contributed by atoms with Gasteiger partial charge in [0.25, 0.3) is 0 Å². The van der Waals surface area contributed by atoms with E-state index < -0.39 is 10.0 Å². The van der Waals surface area contributed by atoms with E-state index in [1.165, 1.54) is 12.1 Å². The zero-order valence-electron chi connectivity index (χ0n) is 10.0. The summed E-state index contributed by atoms with van der Waals surface area (Å²) in [5.41, 5.74) is 0. The van der Waals surface area contributed by atoms with Crippen molar-refractivity contribution in [1.82, 2.24) is 9.62 Å². The van der Waals surface area contributed by atoms with Crippen LogP contribution < -0.4 is 4.72 Å². The normalized spacial score (nSPS) is 15.2. The van der Waals surface area contributed by atoms with Gasteiger partial charge in [0.2, 0.25) is 15.9 Å². The number of carbonyl (C=O) groups is 1. The summed E-state index contributed by atoms with van der Waals surface area (Å²) in [6, 6.07) is 8.14. The zero-order valence-corrected chi connectivity index (χ0v) is 10.8. The molecule has 98 valence electrons. The number of sulfonamides is 1. The highest BCUT2D eigenvalue weighted by Gasteiger charge is 2.20. The number of carbonyl (C=O) groups excluding carboxylic acids is 1. The van der Waals surface area contributed by atoms with Crippen LogP contribution in [0.3, 0.4) is 0 Å². The maximum atomic E-state index is 11.8. The minimum absolute atomic E-state index is 0.0111. The standard InChI is InChI=1S/C12H16N2O3S/c15-12(14-9-4-10-14)7-8-13-18(16,17)11-5-2-1-3-6-11/h1-3,5-6,13H,4,7-10H2. The Bertz CT molecular complexity index is 509. The number of nitrogens with zero attached hydrogens (tertiary/aromatic N) is 1. The molecule has 0 spiro atoms. The number of amides is 1. The predicted octanol–water partition coefficient (Wildman–Crippen LogP) is 0.587. The van der Waals surface area contributed by atoms with E-state index in [1.54, 1.807) is 23.1 Å². The van der Waals surface area contributed by atoms with Crippen LogP contribution in [0.25, 0.3) is 0 Å². The van der Waals surface area contributed by atoms with Crippen LogP contribution in [0.15, 0.2) is 35.2 Å². The van der Waals surface area contributed by atoms with E-state index in [9.17, 15) is 13.2 Å². The Labute approximate surface area is 107 Å². The minimum atomic E-state index is -3.49. The molecule has 0 bridgehead atoms. The van der Waals surface area contributed by atoms with Crippen molar-refractivity contribution in [2.45, 2.75) is 17.7 Å². The molecule has 1 aliphatic heterocycles. The van der Waals surface area contributed by atoms with Gasteiger partial charge < -0.3 is 4.90 Å². The van der Waals surface area contributed by atoms with Crippen molar-refractivity contribution >= 4 is 15.9 Å². The molecule has 0 aliphatic carbocycles. The number of rotatable bonds is 5.